The molecular formula is C39H42F3N7O5. The van der Waals surface area contributed by atoms with Gasteiger partial charge >= 0.3 is 12.1 Å². The van der Waals surface area contributed by atoms with E-state index in [4.69, 9.17) is 29.6 Å². The summed E-state index contributed by atoms with van der Waals surface area (Å²) in [6, 6.07) is 22.1. The number of carboxylic acids is 1. The SMILES string of the molecule is COc1ccc(Cn2c(CCc3c[nH]c4ccccc34)nnc2[C@@H](Cc2c[nH]c3ccccc23)NC(=O)C2CCNCC2)c(OC)c1.O=C(O)C(F)(F)F. The number of nitrogens with one attached hydrogen (secondary N) is 4. The summed E-state index contributed by atoms with van der Waals surface area (Å²) in [5.74, 6) is 0.286. The first-order valence-electron chi connectivity index (χ1n) is 17.6. The van der Waals surface area contributed by atoms with Crippen molar-refractivity contribution >= 4 is 33.7 Å². The lowest BCUT2D eigenvalue weighted by Gasteiger charge is -2.26. The fourth-order valence-corrected chi connectivity index (χ4v) is 6.80. The highest BCUT2D eigenvalue weighted by Crippen LogP contribution is 2.30. The number of carboxylic acid groups (broad SMARTS) is 1. The number of methoxy groups -OCH3 is 2. The van der Waals surface area contributed by atoms with Gasteiger partial charge in [0.25, 0.3) is 0 Å². The number of piperidine rings is 1. The number of ether oxygens (including phenoxy) is 2. The number of aryl methyl sites for hydroxylation is 2. The molecule has 54 heavy (non-hydrogen) atoms. The summed E-state index contributed by atoms with van der Waals surface area (Å²) in [5, 5.41) is 25.9. The molecule has 1 atom stereocenters. The maximum atomic E-state index is 13.8. The zero-order valence-corrected chi connectivity index (χ0v) is 29.9. The van der Waals surface area contributed by atoms with E-state index in [-0.39, 0.29) is 11.8 Å². The second-order valence-electron chi connectivity index (χ2n) is 13.0. The summed E-state index contributed by atoms with van der Waals surface area (Å²) in [6.07, 6.45) is 2.71. The molecular weight excluding hydrogens is 703 g/mol. The third-order valence-corrected chi connectivity index (χ3v) is 9.65. The lowest BCUT2D eigenvalue weighted by Crippen LogP contribution is -2.41. The Labute approximate surface area is 309 Å². The van der Waals surface area contributed by atoms with Gasteiger partial charge in [-0.15, -0.1) is 10.2 Å². The molecule has 7 rings (SSSR count). The van der Waals surface area contributed by atoms with E-state index >= 15 is 0 Å². The summed E-state index contributed by atoms with van der Waals surface area (Å²) < 4.78 is 45.2. The van der Waals surface area contributed by atoms with Crippen LogP contribution in [0.4, 0.5) is 13.2 Å². The van der Waals surface area contributed by atoms with Gasteiger partial charge < -0.3 is 39.7 Å². The van der Waals surface area contributed by atoms with E-state index < -0.39 is 18.2 Å². The van der Waals surface area contributed by atoms with Crippen LogP contribution in [-0.4, -0.2) is 75.2 Å². The smallest absolute Gasteiger partial charge is 0.490 e. The first kappa shape index (κ1) is 37.9. The minimum absolute atomic E-state index is 0.0406. The minimum Gasteiger partial charge on any atom is -0.497 e. The van der Waals surface area contributed by atoms with Crippen LogP contribution >= 0.6 is 0 Å². The summed E-state index contributed by atoms with van der Waals surface area (Å²) in [5.41, 5.74) is 5.50. The number of carbonyl (C=O) groups excluding carboxylic acids is 1. The van der Waals surface area contributed by atoms with Crippen molar-refractivity contribution in [2.75, 3.05) is 27.3 Å². The largest absolute Gasteiger partial charge is 0.497 e. The van der Waals surface area contributed by atoms with Crippen LogP contribution in [-0.2, 0) is 35.4 Å². The Kier molecular flexibility index (Phi) is 11.9. The Morgan fingerprint density at radius 1 is 0.889 bits per heavy atom. The van der Waals surface area contributed by atoms with Gasteiger partial charge in [0.15, 0.2) is 5.82 Å². The number of nitrogens with zero attached hydrogens (tertiary/aromatic N) is 3. The summed E-state index contributed by atoms with van der Waals surface area (Å²) in [6.45, 7) is 2.17. The molecule has 1 amide bonds. The van der Waals surface area contributed by atoms with Crippen LogP contribution in [0.3, 0.4) is 0 Å². The maximum Gasteiger partial charge on any atom is 0.490 e. The molecule has 0 aliphatic carbocycles. The number of alkyl halides is 3. The number of hydrogen-bond acceptors (Lipinski definition) is 7. The van der Waals surface area contributed by atoms with Crippen molar-refractivity contribution in [1.82, 2.24) is 35.4 Å². The Bertz CT molecular complexity index is 2200. The third kappa shape index (κ3) is 8.85. The topological polar surface area (TPSA) is 159 Å². The number of rotatable bonds is 12. The van der Waals surface area contributed by atoms with Crippen LogP contribution in [0.2, 0.25) is 0 Å². The molecule has 0 radical (unpaired) electrons. The van der Waals surface area contributed by atoms with Crippen LogP contribution in [0.25, 0.3) is 21.8 Å². The Morgan fingerprint density at radius 2 is 1.52 bits per heavy atom. The normalized spacial score (nSPS) is 14.0. The van der Waals surface area contributed by atoms with Gasteiger partial charge in [0.2, 0.25) is 5.91 Å². The van der Waals surface area contributed by atoms with E-state index in [9.17, 15) is 18.0 Å². The van der Waals surface area contributed by atoms with Crippen LogP contribution < -0.4 is 20.1 Å². The first-order valence-corrected chi connectivity index (χ1v) is 17.6. The van der Waals surface area contributed by atoms with Gasteiger partial charge in [0.1, 0.15) is 17.3 Å². The number of aliphatic carboxylic acids is 1. The predicted octanol–water partition coefficient (Wildman–Crippen LogP) is 6.12. The minimum atomic E-state index is -5.08. The zero-order valence-electron chi connectivity index (χ0n) is 29.9. The second-order valence-corrected chi connectivity index (χ2v) is 13.0. The second kappa shape index (κ2) is 16.9. The molecule has 1 aliphatic rings. The molecule has 0 spiro atoms. The molecule has 3 aromatic heterocycles. The number of para-hydroxylation sites is 2. The lowest BCUT2D eigenvalue weighted by atomic mass is 9.96. The van der Waals surface area contributed by atoms with E-state index in [0.717, 1.165) is 83.0 Å². The highest BCUT2D eigenvalue weighted by atomic mass is 19.4. The number of aromatic amines is 2. The molecule has 0 saturated carbocycles. The van der Waals surface area contributed by atoms with Gasteiger partial charge in [-0.1, -0.05) is 36.4 Å². The molecule has 3 aromatic carbocycles. The predicted molar refractivity (Wildman–Crippen MR) is 197 cm³/mol. The lowest BCUT2D eigenvalue weighted by molar-refractivity contribution is -0.192. The number of H-pyrrole nitrogens is 2. The van der Waals surface area contributed by atoms with Crippen molar-refractivity contribution in [2.24, 2.45) is 5.92 Å². The first-order chi connectivity index (χ1) is 26.0. The van der Waals surface area contributed by atoms with Crippen LogP contribution in [0, 0.1) is 5.92 Å². The van der Waals surface area contributed by atoms with Crippen LogP contribution in [0.15, 0.2) is 79.1 Å². The average Bonchev–Trinajstić information content (AvgIpc) is 3.91. The van der Waals surface area contributed by atoms with Gasteiger partial charge in [0, 0.05) is 64.6 Å². The number of amides is 1. The molecule has 12 nitrogen and oxygen atoms in total. The molecule has 6 aromatic rings. The molecule has 0 unspecified atom stereocenters. The van der Waals surface area contributed by atoms with Gasteiger partial charge in [-0.25, -0.2) is 4.79 Å². The Morgan fingerprint density at radius 3 is 2.15 bits per heavy atom. The van der Waals surface area contributed by atoms with E-state index in [2.05, 4.69) is 61.7 Å². The van der Waals surface area contributed by atoms with Gasteiger partial charge in [-0.2, -0.15) is 13.2 Å². The highest BCUT2D eigenvalue weighted by Gasteiger charge is 2.38. The van der Waals surface area contributed by atoms with Crippen molar-refractivity contribution in [1.29, 1.82) is 0 Å². The molecule has 4 heterocycles. The molecule has 1 fully saturated rings. The van der Waals surface area contributed by atoms with Crippen molar-refractivity contribution in [2.45, 2.75) is 50.9 Å². The van der Waals surface area contributed by atoms with Crippen molar-refractivity contribution in [3.63, 3.8) is 0 Å². The Hall–Kier alpha value is -5.83. The summed E-state index contributed by atoms with van der Waals surface area (Å²) >= 11 is 0. The van der Waals surface area contributed by atoms with E-state index in [0.29, 0.717) is 19.4 Å². The van der Waals surface area contributed by atoms with Crippen molar-refractivity contribution < 1.29 is 37.3 Å². The number of hydrogen-bond donors (Lipinski definition) is 5. The summed E-state index contributed by atoms with van der Waals surface area (Å²) in [4.78, 5) is 29.5. The fourth-order valence-electron chi connectivity index (χ4n) is 6.80. The zero-order chi connectivity index (χ0) is 38.2. The molecule has 5 N–H and O–H groups in total. The monoisotopic (exact) mass is 745 g/mol. The third-order valence-electron chi connectivity index (χ3n) is 9.65. The standard InChI is InChI=1S/C37H41N7O3.C2HF3O2/c1-46-28-13-11-26(34(20-28)47-2)23-44-35(14-12-25-21-39-31-9-5-3-7-29(25)31)42-43-36(44)33(41-37(45)24-15-17-38-18-16-24)19-27-22-40-32-10-6-4-8-30(27)32;3-2(4,5)1(6)7/h3-11,13,20-22,24,33,38-40H,12,14-19,23H2,1-2H3,(H,41,45);(H,6,7)/t33-;/m1./s1. The fraction of sp³-hybridized carbons (Fsp3) is 0.333. The maximum absolute atomic E-state index is 13.8. The average molecular weight is 746 g/mol. The Balaban J connectivity index is 0.000000649. The number of aromatic nitrogens is 5. The molecule has 0 bridgehead atoms. The summed E-state index contributed by atoms with van der Waals surface area (Å²) in [7, 11) is 3.32. The van der Waals surface area contributed by atoms with Gasteiger partial charge in [0.05, 0.1) is 26.8 Å². The number of carbonyl (C=O) groups is 2. The van der Waals surface area contributed by atoms with E-state index in [1.54, 1.807) is 14.2 Å². The molecule has 1 aliphatic heterocycles. The highest BCUT2D eigenvalue weighted by molar-refractivity contribution is 5.84. The number of halogens is 3. The van der Waals surface area contributed by atoms with E-state index in [1.807, 2.05) is 42.6 Å². The van der Waals surface area contributed by atoms with Crippen LogP contribution in [0.1, 0.15) is 47.2 Å². The molecule has 15 heteroatoms. The number of fused-ring (bicyclic) bond motifs is 2. The quantitative estimate of drug-likeness (QED) is 0.100. The van der Waals surface area contributed by atoms with Crippen molar-refractivity contribution in [3.05, 3.63) is 107 Å². The van der Waals surface area contributed by atoms with Gasteiger partial charge in [-0.3, -0.25) is 4.79 Å². The number of benzene rings is 3. The van der Waals surface area contributed by atoms with E-state index in [1.165, 1.54) is 10.9 Å². The molecule has 1 saturated heterocycles. The van der Waals surface area contributed by atoms with Gasteiger partial charge in [-0.05, 0) is 67.7 Å². The van der Waals surface area contributed by atoms with Crippen LogP contribution in [0.5, 0.6) is 11.5 Å². The molecule has 284 valence electrons. The van der Waals surface area contributed by atoms with Crippen molar-refractivity contribution in [3.8, 4) is 11.5 Å².